The van der Waals surface area contributed by atoms with Crippen molar-refractivity contribution >= 4 is 5.78 Å². The van der Waals surface area contributed by atoms with Gasteiger partial charge in [-0.05, 0) is 91.2 Å². The molecule has 5 aliphatic carbocycles. The third-order valence-electron chi connectivity index (χ3n) is 5.89. The second-order valence-electron chi connectivity index (χ2n) is 7.47. The highest BCUT2D eigenvalue weighted by molar-refractivity contribution is 6.13. The molecule has 0 saturated carbocycles. The fourth-order valence-corrected chi connectivity index (χ4v) is 4.90. The van der Waals surface area contributed by atoms with E-state index in [0.29, 0.717) is 5.78 Å². The Morgan fingerprint density at radius 3 is 1.26 bits per heavy atom. The first-order chi connectivity index (χ1) is 11.3. The first-order valence-electron chi connectivity index (χ1n) is 9.13. The normalized spacial score (nSPS) is 18.7. The molecule has 7 rings (SSSR count). The summed E-state index contributed by atoms with van der Waals surface area (Å²) in [6.45, 7) is 0. The van der Waals surface area contributed by atoms with Crippen LogP contribution in [0.2, 0.25) is 0 Å². The molecule has 2 aromatic rings. The summed E-state index contributed by atoms with van der Waals surface area (Å²) in [7, 11) is 0. The van der Waals surface area contributed by atoms with Crippen molar-refractivity contribution in [3.05, 3.63) is 68.8 Å². The number of carbonyl (C=O) groups is 1. The van der Waals surface area contributed by atoms with E-state index in [9.17, 15) is 4.79 Å². The lowest BCUT2D eigenvalue weighted by molar-refractivity contribution is 0.103. The highest BCUT2D eigenvalue weighted by atomic mass is 16.1. The Balaban J connectivity index is 1.92. The Morgan fingerprint density at radius 2 is 0.870 bits per heavy atom. The number of hydrogen-bond acceptors (Lipinski definition) is 1. The van der Waals surface area contributed by atoms with Crippen molar-refractivity contribution in [3.63, 3.8) is 0 Å². The van der Waals surface area contributed by atoms with E-state index < -0.39 is 0 Å². The smallest absolute Gasteiger partial charge is 0.194 e. The summed E-state index contributed by atoms with van der Waals surface area (Å²) in [4.78, 5) is 13.5. The fourth-order valence-electron chi connectivity index (χ4n) is 4.90. The molecular weight excluding hydrogens is 280 g/mol. The van der Waals surface area contributed by atoms with Crippen LogP contribution in [0.15, 0.2) is 24.3 Å². The predicted octanol–water partition coefficient (Wildman–Crippen LogP) is 4.38. The molecule has 0 radical (unpaired) electrons. The summed E-state index contributed by atoms with van der Waals surface area (Å²) in [5.74, 6) is 0.321. The summed E-state index contributed by atoms with van der Waals surface area (Å²) in [5.41, 5.74) is 10.3. The van der Waals surface area contributed by atoms with Crippen molar-refractivity contribution in [1.29, 1.82) is 0 Å². The molecule has 5 aliphatic rings. The quantitative estimate of drug-likeness (QED) is 0.705. The van der Waals surface area contributed by atoms with E-state index in [0.717, 1.165) is 62.5 Å². The van der Waals surface area contributed by atoms with Gasteiger partial charge in [-0.25, -0.2) is 0 Å². The van der Waals surface area contributed by atoms with E-state index in [1.54, 1.807) is 0 Å². The zero-order valence-corrected chi connectivity index (χ0v) is 13.6. The van der Waals surface area contributed by atoms with Crippen LogP contribution in [0.25, 0.3) is 0 Å². The van der Waals surface area contributed by atoms with Gasteiger partial charge in [0.25, 0.3) is 0 Å². The average molecular weight is 302 g/mol. The zero-order valence-electron chi connectivity index (χ0n) is 13.6. The third-order valence-corrected chi connectivity index (χ3v) is 5.89. The standard InChI is InChI=1S/C22H22O/c23-22-20-16-6-1-4-14-10-17-7-2-5-15(11-16)13-19(20)9-3-8-18(12-14)21(17)22/h10-13H,1-9H2. The van der Waals surface area contributed by atoms with Gasteiger partial charge in [0.15, 0.2) is 5.78 Å². The maximum absolute atomic E-state index is 13.5. The Kier molecular flexibility index (Phi) is 2.98. The second kappa shape index (κ2) is 5.06. The molecule has 116 valence electrons. The Morgan fingerprint density at radius 1 is 0.522 bits per heavy atom. The monoisotopic (exact) mass is 302 g/mol. The molecule has 23 heavy (non-hydrogen) atoms. The minimum absolute atomic E-state index is 0.321. The highest BCUT2D eigenvalue weighted by Crippen LogP contribution is 2.34. The number of hydrogen-bond donors (Lipinski definition) is 0. The summed E-state index contributed by atoms with van der Waals surface area (Å²) in [6.07, 6.45) is 9.97. The molecule has 0 aromatic heterocycles. The fraction of sp³-hybridized carbons (Fsp3) is 0.409. The molecule has 0 spiro atoms. The van der Waals surface area contributed by atoms with Crippen LogP contribution in [0.4, 0.5) is 0 Å². The number of aryl methyl sites for hydroxylation is 6. The van der Waals surface area contributed by atoms with Crippen molar-refractivity contribution in [2.75, 3.05) is 0 Å². The van der Waals surface area contributed by atoms with Gasteiger partial charge in [-0.15, -0.1) is 0 Å². The molecule has 0 atom stereocenters. The molecule has 0 saturated heterocycles. The van der Waals surface area contributed by atoms with Crippen LogP contribution in [0.3, 0.4) is 0 Å². The van der Waals surface area contributed by atoms with E-state index in [4.69, 9.17) is 0 Å². The number of ketones is 1. The number of fused-ring (bicyclic) bond motifs is 4. The van der Waals surface area contributed by atoms with Gasteiger partial charge in [0, 0.05) is 11.1 Å². The van der Waals surface area contributed by atoms with Gasteiger partial charge in [0.05, 0.1) is 0 Å². The summed E-state index contributed by atoms with van der Waals surface area (Å²) in [6, 6.07) is 9.37. The largest absolute Gasteiger partial charge is 0.289 e. The molecule has 2 aromatic carbocycles. The topological polar surface area (TPSA) is 17.1 Å². The van der Waals surface area contributed by atoms with Gasteiger partial charge >= 0.3 is 0 Å². The van der Waals surface area contributed by atoms with Crippen molar-refractivity contribution in [1.82, 2.24) is 0 Å². The Labute approximate surface area is 137 Å². The zero-order chi connectivity index (χ0) is 15.4. The van der Waals surface area contributed by atoms with Crippen molar-refractivity contribution in [2.45, 2.75) is 57.8 Å². The SMILES string of the molecule is O=C1c2c3cc4cc2CCCc2cc(cc(c21)CCC4)CCC3. The molecule has 1 heteroatoms. The van der Waals surface area contributed by atoms with E-state index >= 15 is 0 Å². The molecule has 0 aliphatic heterocycles. The van der Waals surface area contributed by atoms with Crippen LogP contribution in [-0.4, -0.2) is 5.78 Å². The number of benzene rings is 2. The van der Waals surface area contributed by atoms with Crippen molar-refractivity contribution in [2.24, 2.45) is 0 Å². The summed E-state index contributed by atoms with van der Waals surface area (Å²) < 4.78 is 0. The van der Waals surface area contributed by atoms with Crippen LogP contribution in [0, 0.1) is 0 Å². The highest BCUT2D eigenvalue weighted by Gasteiger charge is 2.27. The molecule has 1 nitrogen and oxygen atoms in total. The van der Waals surface area contributed by atoms with Crippen LogP contribution < -0.4 is 0 Å². The van der Waals surface area contributed by atoms with Crippen LogP contribution in [-0.2, 0) is 38.5 Å². The lowest BCUT2D eigenvalue weighted by Crippen LogP contribution is -2.20. The Bertz CT molecular complexity index is 761. The van der Waals surface area contributed by atoms with Crippen LogP contribution in [0.5, 0.6) is 0 Å². The number of rotatable bonds is 0. The minimum atomic E-state index is 0.321. The lowest BCUT2D eigenvalue weighted by Gasteiger charge is -2.26. The van der Waals surface area contributed by atoms with Gasteiger partial charge in [-0.1, -0.05) is 24.3 Å². The maximum Gasteiger partial charge on any atom is 0.194 e. The summed E-state index contributed by atoms with van der Waals surface area (Å²) in [5, 5.41) is 0. The minimum Gasteiger partial charge on any atom is -0.289 e. The average Bonchev–Trinajstić information content (AvgIpc) is 2.52. The first kappa shape index (κ1) is 13.5. The van der Waals surface area contributed by atoms with Crippen molar-refractivity contribution in [3.8, 4) is 0 Å². The molecule has 8 bridgehead atoms. The van der Waals surface area contributed by atoms with Crippen LogP contribution >= 0.6 is 0 Å². The molecular formula is C22H22O. The molecule has 0 N–H and O–H groups in total. The van der Waals surface area contributed by atoms with E-state index in [-0.39, 0.29) is 0 Å². The van der Waals surface area contributed by atoms with E-state index in [1.165, 1.54) is 39.8 Å². The molecule has 0 fully saturated rings. The predicted molar refractivity (Wildman–Crippen MR) is 92.4 cm³/mol. The van der Waals surface area contributed by atoms with Gasteiger partial charge in [0.1, 0.15) is 0 Å². The Hall–Kier alpha value is -1.89. The molecule has 0 unspecified atom stereocenters. The lowest BCUT2D eigenvalue weighted by atomic mass is 9.77. The third kappa shape index (κ3) is 2.09. The van der Waals surface area contributed by atoms with Gasteiger partial charge < -0.3 is 0 Å². The van der Waals surface area contributed by atoms with Crippen molar-refractivity contribution < 1.29 is 4.79 Å². The van der Waals surface area contributed by atoms with E-state index in [1.807, 2.05) is 0 Å². The van der Waals surface area contributed by atoms with E-state index in [2.05, 4.69) is 24.3 Å². The molecule has 0 heterocycles. The number of carbonyl (C=O) groups excluding carboxylic acids is 1. The van der Waals surface area contributed by atoms with Crippen LogP contribution in [0.1, 0.15) is 68.6 Å². The maximum atomic E-state index is 13.5. The van der Waals surface area contributed by atoms with Gasteiger partial charge in [-0.2, -0.15) is 0 Å². The summed E-state index contributed by atoms with van der Waals surface area (Å²) >= 11 is 0. The van der Waals surface area contributed by atoms with Gasteiger partial charge in [-0.3, -0.25) is 4.79 Å². The van der Waals surface area contributed by atoms with Gasteiger partial charge in [0.2, 0.25) is 0 Å². The first-order valence-corrected chi connectivity index (χ1v) is 9.13. The second-order valence-corrected chi connectivity index (χ2v) is 7.47. The molecule has 0 amide bonds.